The summed E-state index contributed by atoms with van der Waals surface area (Å²) in [5.41, 5.74) is -1.01. The van der Waals surface area contributed by atoms with Crippen molar-refractivity contribution in [2.45, 2.75) is 0 Å². The van der Waals surface area contributed by atoms with Gasteiger partial charge in [-0.1, -0.05) is 0 Å². The van der Waals surface area contributed by atoms with Crippen molar-refractivity contribution in [3.8, 4) is 0 Å². The summed E-state index contributed by atoms with van der Waals surface area (Å²) in [5.74, 6) is -1.96. The van der Waals surface area contributed by atoms with Gasteiger partial charge < -0.3 is 15.4 Å². The van der Waals surface area contributed by atoms with Gasteiger partial charge in [-0.2, -0.15) is 5.10 Å². The van der Waals surface area contributed by atoms with E-state index in [1.165, 1.54) is 12.1 Å². The van der Waals surface area contributed by atoms with Crippen LogP contribution in [0.25, 0.3) is 0 Å². The zero-order valence-corrected chi connectivity index (χ0v) is 8.80. The first-order valence-electron chi connectivity index (χ1n) is 4.71. The van der Waals surface area contributed by atoms with Gasteiger partial charge in [0.05, 0.1) is 6.33 Å². The molecule has 1 amide bonds. The van der Waals surface area contributed by atoms with Crippen LogP contribution >= 0.6 is 0 Å². The Hall–Kier alpha value is -2.97. The quantitative estimate of drug-likeness (QED) is 0.574. The first-order valence-corrected chi connectivity index (χ1v) is 4.71. The van der Waals surface area contributed by atoms with Crippen LogP contribution in [0.15, 0.2) is 23.3 Å². The number of carboxylic acids is 1. The molecule has 0 atom stereocenters. The molecular weight excluding hydrogens is 242 g/mol. The standard InChI is InChI=1S/C9H7N5O4/c15-5-2-1-4(13-14-5)12-8(16)6-7(9(17)18)11-3-10-6/h1-3H,(H,10,11)(H,14,15)(H,17,18)(H,12,13,16). The van der Waals surface area contributed by atoms with E-state index in [-0.39, 0.29) is 17.2 Å². The number of carbonyl (C=O) groups excluding carboxylic acids is 1. The number of carboxylic acid groups (broad SMARTS) is 1. The Balaban J connectivity index is 2.22. The number of rotatable bonds is 3. The Labute approximate surface area is 98.9 Å². The summed E-state index contributed by atoms with van der Waals surface area (Å²) >= 11 is 0. The third-order valence-electron chi connectivity index (χ3n) is 1.99. The summed E-state index contributed by atoms with van der Waals surface area (Å²) in [6, 6.07) is 2.45. The molecule has 0 saturated heterocycles. The predicted molar refractivity (Wildman–Crippen MR) is 58.4 cm³/mol. The monoisotopic (exact) mass is 249 g/mol. The number of nitrogens with zero attached hydrogens (tertiary/aromatic N) is 2. The Morgan fingerprint density at radius 2 is 2.11 bits per heavy atom. The topological polar surface area (TPSA) is 141 Å². The van der Waals surface area contributed by atoms with Crippen molar-refractivity contribution in [3.63, 3.8) is 0 Å². The average molecular weight is 249 g/mol. The first-order chi connectivity index (χ1) is 8.58. The number of aromatic amines is 2. The molecule has 9 heteroatoms. The smallest absolute Gasteiger partial charge is 0.354 e. The number of aromatic carboxylic acids is 1. The number of aromatic nitrogens is 4. The summed E-state index contributed by atoms with van der Waals surface area (Å²) in [6.07, 6.45) is 1.10. The van der Waals surface area contributed by atoms with Crippen molar-refractivity contribution in [2.75, 3.05) is 5.32 Å². The normalized spacial score (nSPS) is 10.0. The number of carbonyl (C=O) groups is 2. The molecule has 0 saturated carbocycles. The van der Waals surface area contributed by atoms with Gasteiger partial charge in [0.2, 0.25) is 0 Å². The second-order valence-corrected chi connectivity index (χ2v) is 3.19. The zero-order valence-electron chi connectivity index (χ0n) is 8.80. The minimum absolute atomic E-state index is 0.0824. The average Bonchev–Trinajstić information content (AvgIpc) is 2.81. The lowest BCUT2D eigenvalue weighted by Gasteiger charge is -2.01. The Morgan fingerprint density at radius 3 is 2.72 bits per heavy atom. The maximum absolute atomic E-state index is 11.7. The summed E-state index contributed by atoms with van der Waals surface area (Å²) in [6.45, 7) is 0. The van der Waals surface area contributed by atoms with Gasteiger partial charge in [0.15, 0.2) is 17.2 Å². The number of H-pyrrole nitrogens is 2. The lowest BCUT2D eigenvalue weighted by Crippen LogP contribution is -2.18. The van der Waals surface area contributed by atoms with Crippen molar-refractivity contribution < 1.29 is 14.7 Å². The molecule has 2 aromatic rings. The highest BCUT2D eigenvalue weighted by Gasteiger charge is 2.19. The maximum atomic E-state index is 11.7. The molecule has 0 aromatic carbocycles. The molecule has 2 heterocycles. The fourth-order valence-corrected chi connectivity index (χ4v) is 1.22. The molecule has 0 unspecified atom stereocenters. The van der Waals surface area contributed by atoms with E-state index in [1.807, 2.05) is 0 Å². The van der Waals surface area contributed by atoms with Crippen LogP contribution in [0.5, 0.6) is 0 Å². The van der Waals surface area contributed by atoms with Gasteiger partial charge in [-0.25, -0.2) is 14.9 Å². The van der Waals surface area contributed by atoms with E-state index in [2.05, 4.69) is 25.5 Å². The number of anilines is 1. The van der Waals surface area contributed by atoms with E-state index in [4.69, 9.17) is 5.11 Å². The van der Waals surface area contributed by atoms with E-state index in [1.54, 1.807) is 0 Å². The number of nitrogens with one attached hydrogen (secondary N) is 3. The highest BCUT2D eigenvalue weighted by Crippen LogP contribution is 2.06. The molecule has 0 aliphatic carbocycles. The second-order valence-electron chi connectivity index (χ2n) is 3.19. The summed E-state index contributed by atoms with van der Waals surface area (Å²) < 4.78 is 0. The summed E-state index contributed by atoms with van der Waals surface area (Å²) in [4.78, 5) is 39.2. The summed E-state index contributed by atoms with van der Waals surface area (Å²) in [7, 11) is 0. The Morgan fingerprint density at radius 1 is 1.33 bits per heavy atom. The fraction of sp³-hybridized carbons (Fsp3) is 0. The molecule has 9 nitrogen and oxygen atoms in total. The lowest BCUT2D eigenvalue weighted by molar-refractivity contribution is 0.0686. The van der Waals surface area contributed by atoms with Gasteiger partial charge in [-0.3, -0.25) is 9.59 Å². The van der Waals surface area contributed by atoms with Crippen molar-refractivity contribution in [3.05, 3.63) is 40.2 Å². The number of hydrogen-bond donors (Lipinski definition) is 4. The molecule has 4 N–H and O–H groups in total. The number of hydrogen-bond acceptors (Lipinski definition) is 5. The van der Waals surface area contributed by atoms with Gasteiger partial charge in [0.1, 0.15) is 0 Å². The van der Waals surface area contributed by atoms with Gasteiger partial charge >= 0.3 is 5.97 Å². The van der Waals surface area contributed by atoms with E-state index in [0.29, 0.717) is 0 Å². The minimum atomic E-state index is -1.30. The third kappa shape index (κ3) is 2.24. The SMILES string of the molecule is O=C(Nc1ccc(=O)[nH]n1)c1nc[nH]c1C(=O)O. The molecular formula is C9H7N5O4. The molecule has 0 fully saturated rings. The predicted octanol–water partition coefficient (Wildman–Crippen LogP) is -0.557. The highest BCUT2D eigenvalue weighted by molar-refractivity contribution is 6.08. The van der Waals surface area contributed by atoms with Crippen LogP contribution in [0, 0.1) is 0 Å². The van der Waals surface area contributed by atoms with Crippen LogP contribution < -0.4 is 10.9 Å². The van der Waals surface area contributed by atoms with E-state index in [0.717, 1.165) is 6.33 Å². The Kier molecular flexibility index (Phi) is 2.87. The molecule has 18 heavy (non-hydrogen) atoms. The minimum Gasteiger partial charge on any atom is -0.477 e. The molecule has 2 rings (SSSR count). The molecule has 2 aromatic heterocycles. The van der Waals surface area contributed by atoms with Crippen LogP contribution in [-0.4, -0.2) is 37.1 Å². The molecule has 0 bridgehead atoms. The van der Waals surface area contributed by atoms with Gasteiger partial charge in [0, 0.05) is 6.07 Å². The largest absolute Gasteiger partial charge is 0.477 e. The van der Waals surface area contributed by atoms with Gasteiger partial charge in [-0.15, -0.1) is 0 Å². The van der Waals surface area contributed by atoms with Crippen LogP contribution in [0.1, 0.15) is 21.0 Å². The first kappa shape index (κ1) is 11.5. The van der Waals surface area contributed by atoms with E-state index >= 15 is 0 Å². The van der Waals surface area contributed by atoms with E-state index < -0.39 is 17.4 Å². The zero-order chi connectivity index (χ0) is 13.1. The Bertz CT molecular complexity index is 638. The summed E-state index contributed by atoms with van der Waals surface area (Å²) in [5, 5.41) is 16.8. The molecule has 0 spiro atoms. The maximum Gasteiger partial charge on any atom is 0.354 e. The van der Waals surface area contributed by atoms with Crippen LogP contribution in [0.3, 0.4) is 0 Å². The third-order valence-corrected chi connectivity index (χ3v) is 1.99. The molecule has 0 aliphatic heterocycles. The van der Waals surface area contributed by atoms with Crippen LogP contribution in [0.2, 0.25) is 0 Å². The second kappa shape index (κ2) is 4.49. The van der Waals surface area contributed by atoms with Crippen molar-refractivity contribution in [1.29, 1.82) is 0 Å². The lowest BCUT2D eigenvalue weighted by atomic mass is 10.3. The van der Waals surface area contributed by atoms with Gasteiger partial charge in [0.25, 0.3) is 11.5 Å². The highest BCUT2D eigenvalue weighted by atomic mass is 16.4. The number of amides is 1. The number of imidazole rings is 1. The molecule has 0 radical (unpaired) electrons. The van der Waals surface area contributed by atoms with Crippen molar-refractivity contribution in [1.82, 2.24) is 20.2 Å². The van der Waals surface area contributed by atoms with Gasteiger partial charge in [-0.05, 0) is 6.07 Å². The van der Waals surface area contributed by atoms with Crippen LogP contribution in [-0.2, 0) is 0 Å². The van der Waals surface area contributed by atoms with Crippen molar-refractivity contribution in [2.24, 2.45) is 0 Å². The van der Waals surface area contributed by atoms with E-state index in [9.17, 15) is 14.4 Å². The van der Waals surface area contributed by atoms with Crippen LogP contribution in [0.4, 0.5) is 5.82 Å². The molecule has 92 valence electrons. The fourth-order valence-electron chi connectivity index (χ4n) is 1.22. The van der Waals surface area contributed by atoms with Crippen molar-refractivity contribution >= 4 is 17.7 Å². The molecule has 0 aliphatic rings.